The lowest BCUT2D eigenvalue weighted by atomic mass is 9.81. The quantitative estimate of drug-likeness (QED) is 0.177. The third-order valence-electron chi connectivity index (χ3n) is 12.9. The van der Waals surface area contributed by atoms with E-state index < -0.39 is 0 Å². The summed E-state index contributed by atoms with van der Waals surface area (Å²) in [5, 5.41) is 11.9. The molecule has 0 fully saturated rings. The Bertz CT molecular complexity index is 2820. The first kappa shape index (κ1) is 32.9. The lowest BCUT2D eigenvalue weighted by Crippen LogP contribution is -2.28. The molecule has 0 amide bonds. The fourth-order valence-electron chi connectivity index (χ4n) is 9.77. The maximum atomic E-state index is 3.90. The number of hydrogen-bond acceptors (Lipinski definition) is 1. The zero-order valence-corrected chi connectivity index (χ0v) is 32.4. The highest BCUT2D eigenvalue weighted by Gasteiger charge is 2.39. The lowest BCUT2D eigenvalue weighted by molar-refractivity contribution is 0.607. The van der Waals surface area contributed by atoms with Gasteiger partial charge in [0.1, 0.15) is 0 Å². The van der Waals surface area contributed by atoms with E-state index in [0.717, 1.165) is 0 Å². The van der Waals surface area contributed by atoms with Gasteiger partial charge in [0.05, 0.1) is 5.54 Å². The van der Waals surface area contributed by atoms with E-state index in [2.05, 4.69) is 193 Å². The zero-order chi connectivity index (χ0) is 37.1. The van der Waals surface area contributed by atoms with Gasteiger partial charge < -0.3 is 5.32 Å². The Morgan fingerprint density at radius 2 is 1.13 bits per heavy atom. The van der Waals surface area contributed by atoms with Gasteiger partial charge in [0.25, 0.3) is 0 Å². The molecule has 1 atom stereocenters. The molecule has 8 aromatic rings. The van der Waals surface area contributed by atoms with Gasteiger partial charge in [-0.2, -0.15) is 0 Å². The van der Waals surface area contributed by atoms with E-state index in [0.29, 0.717) is 11.8 Å². The van der Waals surface area contributed by atoms with Crippen LogP contribution in [-0.4, -0.2) is 0 Å². The van der Waals surface area contributed by atoms with Crippen molar-refractivity contribution in [1.82, 2.24) is 0 Å². The van der Waals surface area contributed by atoms with Crippen LogP contribution in [0.4, 0.5) is 5.69 Å². The number of rotatable bonds is 5. The SMILES string of the molecule is CC(C)c1ccc(C(C)(C)Nc2ccc3c(c2)C(C)(C)c2cc4c(cc2-3)C(C)c2cc3c5ccccc5c5ccc(-c6ccccc6)cc5c3cc2-4)cc1. The predicted octanol–water partition coefficient (Wildman–Crippen LogP) is 14.7. The van der Waals surface area contributed by atoms with E-state index in [4.69, 9.17) is 0 Å². The molecule has 0 aromatic heterocycles. The van der Waals surface area contributed by atoms with Gasteiger partial charge in [-0.3, -0.25) is 0 Å². The van der Waals surface area contributed by atoms with Crippen molar-refractivity contribution in [3.8, 4) is 33.4 Å². The molecule has 1 heteroatoms. The summed E-state index contributed by atoms with van der Waals surface area (Å²) in [6.07, 6.45) is 0. The predicted molar refractivity (Wildman–Crippen MR) is 232 cm³/mol. The molecule has 1 nitrogen and oxygen atoms in total. The summed E-state index contributed by atoms with van der Waals surface area (Å²) in [5.41, 5.74) is 17.2. The van der Waals surface area contributed by atoms with Crippen LogP contribution in [0, 0.1) is 0 Å². The first-order valence-electron chi connectivity index (χ1n) is 19.7. The largest absolute Gasteiger partial charge is 0.376 e. The van der Waals surface area contributed by atoms with Gasteiger partial charge in [-0.05, 0) is 161 Å². The third-order valence-corrected chi connectivity index (χ3v) is 12.9. The smallest absolute Gasteiger partial charge is 0.0569 e. The highest BCUT2D eigenvalue weighted by atomic mass is 15.0. The minimum atomic E-state index is -0.209. The van der Waals surface area contributed by atoms with E-state index in [1.807, 2.05) is 0 Å². The van der Waals surface area contributed by atoms with Crippen LogP contribution in [0.2, 0.25) is 0 Å². The van der Waals surface area contributed by atoms with Gasteiger partial charge in [0.15, 0.2) is 0 Å². The van der Waals surface area contributed by atoms with Crippen LogP contribution in [0.15, 0.2) is 140 Å². The van der Waals surface area contributed by atoms with Crippen LogP contribution in [0.25, 0.3) is 65.7 Å². The van der Waals surface area contributed by atoms with E-state index in [9.17, 15) is 0 Å². The first-order valence-corrected chi connectivity index (χ1v) is 19.7. The van der Waals surface area contributed by atoms with Gasteiger partial charge in [-0.15, -0.1) is 0 Å². The average Bonchev–Trinajstić information content (AvgIpc) is 3.58. The molecule has 8 aromatic carbocycles. The Morgan fingerprint density at radius 3 is 1.87 bits per heavy atom. The Kier molecular flexibility index (Phi) is 7.12. The molecule has 0 bridgehead atoms. The summed E-state index contributed by atoms with van der Waals surface area (Å²) in [5.74, 6) is 0.840. The molecule has 2 aliphatic carbocycles. The number of nitrogens with one attached hydrogen (secondary N) is 1. The highest BCUT2D eigenvalue weighted by Crippen LogP contribution is 2.56. The molecule has 1 N–H and O–H groups in total. The fourth-order valence-corrected chi connectivity index (χ4v) is 9.77. The van der Waals surface area contributed by atoms with Crippen LogP contribution in [-0.2, 0) is 11.0 Å². The summed E-state index contributed by atoms with van der Waals surface area (Å²) in [6.45, 7) is 16.3. The van der Waals surface area contributed by atoms with Gasteiger partial charge in [0.2, 0.25) is 0 Å². The summed E-state index contributed by atoms with van der Waals surface area (Å²) in [7, 11) is 0. The van der Waals surface area contributed by atoms with Crippen molar-refractivity contribution in [1.29, 1.82) is 0 Å². The lowest BCUT2D eigenvalue weighted by Gasteiger charge is -2.30. The highest BCUT2D eigenvalue weighted by molar-refractivity contribution is 6.26. The Hall–Kier alpha value is -5.66. The maximum Gasteiger partial charge on any atom is 0.0569 e. The molecule has 10 rings (SSSR count). The Morgan fingerprint density at radius 1 is 0.519 bits per heavy atom. The number of anilines is 1. The first-order chi connectivity index (χ1) is 26.0. The average molecular weight is 698 g/mol. The molecule has 0 heterocycles. The van der Waals surface area contributed by atoms with Crippen molar-refractivity contribution in [2.45, 2.75) is 71.3 Å². The van der Waals surface area contributed by atoms with E-state index in [1.54, 1.807) is 0 Å². The Balaban J connectivity index is 1.09. The minimum Gasteiger partial charge on any atom is -0.376 e. The van der Waals surface area contributed by atoms with E-state index in [-0.39, 0.29) is 11.0 Å². The second-order valence-electron chi connectivity index (χ2n) is 17.3. The molecule has 0 spiro atoms. The van der Waals surface area contributed by atoms with Gasteiger partial charge in [0, 0.05) is 17.0 Å². The van der Waals surface area contributed by atoms with E-state index >= 15 is 0 Å². The second kappa shape index (κ2) is 11.7. The zero-order valence-electron chi connectivity index (χ0n) is 32.4. The molecule has 0 saturated carbocycles. The van der Waals surface area contributed by atoms with Gasteiger partial charge in [-0.25, -0.2) is 0 Å². The topological polar surface area (TPSA) is 12.0 Å². The summed E-state index contributed by atoms with van der Waals surface area (Å²) >= 11 is 0. The van der Waals surface area contributed by atoms with Gasteiger partial charge in [-0.1, -0.05) is 132 Å². The molecule has 264 valence electrons. The van der Waals surface area contributed by atoms with Crippen LogP contribution in [0.3, 0.4) is 0 Å². The molecule has 0 saturated heterocycles. The fraction of sp³-hybridized carbons (Fsp3) is 0.208. The standard InChI is InChI=1S/C53H47N/c1-31(2)33-17-20-36(21-18-33)53(6,7)54-37-22-24-41-49-28-43-32(3)42-27-45-39-16-12-11-15-38(39)40-23-19-35(34-13-9-8-10-14-34)25-44(40)47(45)29-46(42)48(43)30-51(49)52(4,5)50(41)26-37/h8-32,54H,1-7H3. The van der Waals surface area contributed by atoms with Crippen molar-refractivity contribution in [2.24, 2.45) is 0 Å². The number of benzene rings is 8. The normalized spacial score (nSPS) is 15.4. The molecule has 2 aliphatic rings. The summed E-state index contributed by atoms with van der Waals surface area (Å²) < 4.78 is 0. The van der Waals surface area contributed by atoms with Gasteiger partial charge >= 0.3 is 0 Å². The Labute approximate surface area is 319 Å². The van der Waals surface area contributed by atoms with E-state index in [1.165, 1.54) is 105 Å². The molecule has 54 heavy (non-hydrogen) atoms. The van der Waals surface area contributed by atoms with Crippen LogP contribution in [0.1, 0.15) is 93.7 Å². The summed E-state index contributed by atoms with van der Waals surface area (Å²) in [6, 6.07) is 53.1. The monoisotopic (exact) mass is 697 g/mol. The van der Waals surface area contributed by atoms with Crippen molar-refractivity contribution in [3.05, 3.63) is 173 Å². The van der Waals surface area contributed by atoms with Crippen LogP contribution >= 0.6 is 0 Å². The minimum absolute atomic E-state index is 0.128. The molecular formula is C53H47N. The molecule has 0 aliphatic heterocycles. The number of hydrogen-bond donors (Lipinski definition) is 1. The molecular weight excluding hydrogens is 651 g/mol. The van der Waals surface area contributed by atoms with Crippen LogP contribution < -0.4 is 5.32 Å². The third kappa shape index (κ3) is 4.84. The van der Waals surface area contributed by atoms with Crippen molar-refractivity contribution < 1.29 is 0 Å². The van der Waals surface area contributed by atoms with Crippen molar-refractivity contribution >= 4 is 38.0 Å². The van der Waals surface area contributed by atoms with Crippen molar-refractivity contribution in [3.63, 3.8) is 0 Å². The number of fused-ring (bicyclic) bond motifs is 12. The van der Waals surface area contributed by atoms with Crippen LogP contribution in [0.5, 0.6) is 0 Å². The second-order valence-corrected chi connectivity index (χ2v) is 17.3. The van der Waals surface area contributed by atoms with Crippen molar-refractivity contribution in [2.75, 3.05) is 5.32 Å². The maximum absolute atomic E-state index is 3.90. The molecule has 0 radical (unpaired) electrons. The molecule has 1 unspecified atom stereocenters. The summed E-state index contributed by atoms with van der Waals surface area (Å²) in [4.78, 5) is 0.